The van der Waals surface area contributed by atoms with Crippen LogP contribution in [0.2, 0.25) is 0 Å². The summed E-state index contributed by atoms with van der Waals surface area (Å²) in [5, 5.41) is 9.23. The maximum atomic E-state index is 11.3. The number of furan rings is 1. The van der Waals surface area contributed by atoms with E-state index >= 15 is 0 Å². The van der Waals surface area contributed by atoms with E-state index in [-0.39, 0.29) is 22.7 Å². The van der Waals surface area contributed by atoms with Crippen LogP contribution in [-0.4, -0.2) is 31.4 Å². The Bertz CT molecular complexity index is 819. The van der Waals surface area contributed by atoms with Crippen LogP contribution in [0.15, 0.2) is 35.2 Å². The topological polar surface area (TPSA) is 124 Å². The number of aromatic nitrogens is 3. The number of hydrogen-bond acceptors (Lipinski definition) is 5. The second-order valence-corrected chi connectivity index (χ2v) is 3.96. The van der Waals surface area contributed by atoms with Gasteiger partial charge in [0.25, 0.3) is 5.91 Å². The fourth-order valence-electron chi connectivity index (χ4n) is 1.86. The van der Waals surface area contributed by atoms with Crippen molar-refractivity contribution in [3.63, 3.8) is 0 Å². The van der Waals surface area contributed by atoms with Gasteiger partial charge >= 0.3 is 5.97 Å². The van der Waals surface area contributed by atoms with Crippen LogP contribution >= 0.6 is 0 Å². The second-order valence-electron chi connectivity index (χ2n) is 3.96. The molecule has 0 aliphatic rings. The Morgan fingerprint density at radius 1 is 1.40 bits per heavy atom. The highest BCUT2D eigenvalue weighted by Gasteiger charge is 2.19. The lowest BCUT2D eigenvalue weighted by Gasteiger charge is -2.03. The highest BCUT2D eigenvalue weighted by atomic mass is 16.4. The van der Waals surface area contributed by atoms with Crippen LogP contribution in [0.25, 0.3) is 17.1 Å². The van der Waals surface area contributed by atoms with Gasteiger partial charge in [0.1, 0.15) is 17.7 Å². The number of primary amides is 1. The van der Waals surface area contributed by atoms with Crippen LogP contribution in [0.5, 0.6) is 0 Å². The maximum absolute atomic E-state index is 11.3. The first-order valence-electron chi connectivity index (χ1n) is 5.53. The minimum absolute atomic E-state index is 0.0730. The molecule has 0 bridgehead atoms. The maximum Gasteiger partial charge on any atom is 0.353 e. The fraction of sp³-hybridized carbons (Fsp3) is 0. The zero-order valence-electron chi connectivity index (χ0n) is 9.98. The summed E-state index contributed by atoms with van der Waals surface area (Å²) >= 11 is 0. The normalized spacial score (nSPS) is 10.8. The summed E-state index contributed by atoms with van der Waals surface area (Å²) in [7, 11) is 0. The van der Waals surface area contributed by atoms with Crippen molar-refractivity contribution in [3.8, 4) is 11.5 Å². The highest BCUT2D eigenvalue weighted by Crippen LogP contribution is 2.21. The number of carbonyl (C=O) groups excluding carboxylic acids is 1. The van der Waals surface area contributed by atoms with Crippen molar-refractivity contribution in [2.75, 3.05) is 0 Å². The number of amides is 1. The first kappa shape index (κ1) is 11.9. The Hall–Kier alpha value is -3.16. The minimum Gasteiger partial charge on any atom is -0.477 e. The zero-order chi connectivity index (χ0) is 14.3. The molecule has 3 heterocycles. The molecule has 0 unspecified atom stereocenters. The van der Waals surface area contributed by atoms with Crippen LogP contribution in [0.3, 0.4) is 0 Å². The zero-order valence-corrected chi connectivity index (χ0v) is 9.98. The van der Waals surface area contributed by atoms with E-state index in [1.807, 2.05) is 0 Å². The Labute approximate surface area is 111 Å². The van der Waals surface area contributed by atoms with Gasteiger partial charge in [-0.05, 0) is 18.2 Å². The summed E-state index contributed by atoms with van der Waals surface area (Å²) in [6.07, 6.45) is 2.63. The van der Waals surface area contributed by atoms with Crippen LogP contribution in [0.4, 0.5) is 0 Å². The number of carboxylic acid groups (broad SMARTS) is 1. The molecular weight excluding hydrogens is 264 g/mol. The highest BCUT2D eigenvalue weighted by molar-refractivity contribution is 5.98. The molecule has 3 aromatic rings. The number of carbonyl (C=O) groups is 2. The van der Waals surface area contributed by atoms with Gasteiger partial charge in [0.05, 0.1) is 6.26 Å². The summed E-state index contributed by atoms with van der Waals surface area (Å²) in [6.45, 7) is 0. The smallest absolute Gasteiger partial charge is 0.353 e. The summed E-state index contributed by atoms with van der Waals surface area (Å²) in [4.78, 5) is 30.6. The van der Waals surface area contributed by atoms with E-state index in [1.165, 1.54) is 23.1 Å². The van der Waals surface area contributed by atoms with Gasteiger partial charge in [0, 0.05) is 0 Å². The van der Waals surface area contributed by atoms with Gasteiger partial charge in [-0.1, -0.05) is 0 Å². The molecule has 0 spiro atoms. The molecule has 20 heavy (non-hydrogen) atoms. The molecule has 0 radical (unpaired) electrons. The van der Waals surface area contributed by atoms with Gasteiger partial charge in [0.2, 0.25) is 0 Å². The van der Waals surface area contributed by atoms with Gasteiger partial charge in [0.15, 0.2) is 17.1 Å². The summed E-state index contributed by atoms with van der Waals surface area (Å²) < 4.78 is 6.37. The van der Waals surface area contributed by atoms with E-state index in [9.17, 15) is 14.7 Å². The Morgan fingerprint density at radius 2 is 2.20 bits per heavy atom. The molecule has 0 aromatic carbocycles. The molecule has 8 heteroatoms. The molecule has 100 valence electrons. The van der Waals surface area contributed by atoms with Gasteiger partial charge in [-0.25, -0.2) is 14.8 Å². The van der Waals surface area contributed by atoms with Crippen molar-refractivity contribution >= 4 is 17.5 Å². The van der Waals surface area contributed by atoms with Gasteiger partial charge < -0.3 is 15.3 Å². The molecule has 0 fully saturated rings. The number of hydrogen-bond donors (Lipinski definition) is 2. The van der Waals surface area contributed by atoms with E-state index in [2.05, 4.69) is 9.97 Å². The molecule has 3 N–H and O–H groups in total. The molecule has 3 rings (SSSR count). The van der Waals surface area contributed by atoms with Crippen molar-refractivity contribution in [2.24, 2.45) is 5.73 Å². The Kier molecular flexibility index (Phi) is 2.50. The van der Waals surface area contributed by atoms with Crippen molar-refractivity contribution in [2.45, 2.75) is 0 Å². The molecule has 0 saturated heterocycles. The summed E-state index contributed by atoms with van der Waals surface area (Å²) in [6, 6.07) is 4.61. The van der Waals surface area contributed by atoms with Gasteiger partial charge in [-0.3, -0.25) is 9.20 Å². The van der Waals surface area contributed by atoms with Crippen molar-refractivity contribution in [1.29, 1.82) is 0 Å². The van der Waals surface area contributed by atoms with Crippen LogP contribution < -0.4 is 5.73 Å². The molecule has 8 nitrogen and oxygen atoms in total. The van der Waals surface area contributed by atoms with Gasteiger partial charge in [-0.15, -0.1) is 0 Å². The average Bonchev–Trinajstić information content (AvgIpc) is 3.06. The number of imidazole rings is 1. The summed E-state index contributed by atoms with van der Waals surface area (Å²) in [5.74, 6) is -1.59. The van der Waals surface area contributed by atoms with E-state index < -0.39 is 11.9 Å². The minimum atomic E-state index is -1.18. The van der Waals surface area contributed by atoms with Crippen LogP contribution in [-0.2, 0) is 0 Å². The third-order valence-corrected chi connectivity index (χ3v) is 2.73. The molecule has 0 atom stereocenters. The SMILES string of the molecule is NC(=O)c1ncn2c(C(=O)O)cc(-c3ccco3)nc12. The van der Waals surface area contributed by atoms with E-state index in [1.54, 1.807) is 12.1 Å². The fourth-order valence-corrected chi connectivity index (χ4v) is 1.86. The number of aromatic carboxylic acids is 1. The van der Waals surface area contributed by atoms with Crippen molar-refractivity contribution in [3.05, 3.63) is 42.2 Å². The standard InChI is InChI=1S/C12H8N4O4/c13-10(17)9-11-15-6(8-2-1-3-20-8)4-7(12(18)19)16(11)5-14-9/h1-5H,(H2,13,17)(H,18,19). The van der Waals surface area contributed by atoms with Crippen LogP contribution in [0.1, 0.15) is 21.0 Å². The van der Waals surface area contributed by atoms with E-state index in [0.29, 0.717) is 5.76 Å². The first-order valence-corrected chi connectivity index (χ1v) is 5.53. The number of carboxylic acids is 1. The number of nitrogens with two attached hydrogens (primary N) is 1. The third kappa shape index (κ3) is 1.70. The number of nitrogens with zero attached hydrogens (tertiary/aromatic N) is 3. The first-order chi connectivity index (χ1) is 9.58. The predicted molar refractivity (Wildman–Crippen MR) is 66.2 cm³/mol. The molecule has 0 aliphatic carbocycles. The lowest BCUT2D eigenvalue weighted by atomic mass is 10.2. The average molecular weight is 272 g/mol. The molecule has 1 amide bonds. The largest absolute Gasteiger partial charge is 0.477 e. The van der Waals surface area contributed by atoms with Gasteiger partial charge in [-0.2, -0.15) is 0 Å². The molecule has 0 aliphatic heterocycles. The van der Waals surface area contributed by atoms with Crippen LogP contribution in [0, 0.1) is 0 Å². The monoisotopic (exact) mass is 272 g/mol. The number of fused-ring (bicyclic) bond motifs is 1. The Balaban J connectivity index is 2.36. The van der Waals surface area contributed by atoms with Crippen molar-refractivity contribution in [1.82, 2.24) is 14.4 Å². The lowest BCUT2D eigenvalue weighted by Crippen LogP contribution is -2.13. The van der Waals surface area contributed by atoms with Crippen molar-refractivity contribution < 1.29 is 19.1 Å². The molecular formula is C12H8N4O4. The molecule has 0 saturated carbocycles. The second kappa shape index (κ2) is 4.19. The lowest BCUT2D eigenvalue weighted by molar-refractivity contribution is 0.0688. The Morgan fingerprint density at radius 3 is 2.80 bits per heavy atom. The summed E-state index contributed by atoms with van der Waals surface area (Å²) in [5.41, 5.74) is 5.35. The van der Waals surface area contributed by atoms with E-state index in [0.717, 1.165) is 0 Å². The predicted octanol–water partition coefficient (Wildman–Crippen LogP) is 0.786. The van der Waals surface area contributed by atoms with E-state index in [4.69, 9.17) is 10.2 Å². The number of rotatable bonds is 3. The third-order valence-electron chi connectivity index (χ3n) is 2.73. The quantitative estimate of drug-likeness (QED) is 0.726. The molecule has 3 aromatic heterocycles.